The molecule has 0 saturated heterocycles. The maximum Gasteiger partial charge on any atom is 0.109 e. The van der Waals surface area contributed by atoms with Crippen molar-refractivity contribution in [3.63, 3.8) is 0 Å². The Morgan fingerprint density at radius 3 is 2.62 bits per heavy atom. The van der Waals surface area contributed by atoms with Gasteiger partial charge in [0.05, 0.1) is 0 Å². The molecule has 3 aromatic rings. The fraction of sp³-hybridized carbons (Fsp3) is 0.158. The Kier molecular flexibility index (Phi) is 2.64. The standard InChI is InChI=1S/C19H16O2/c1-11-10-12-4-2-3-5-13(12)14-6-7-16-15(18(11)14)8-9-17(20)19(16)21/h2-10,17,19-21H,1H3. The highest BCUT2D eigenvalue weighted by atomic mass is 16.3. The van der Waals surface area contributed by atoms with E-state index in [9.17, 15) is 10.2 Å². The summed E-state index contributed by atoms with van der Waals surface area (Å²) in [5, 5.41) is 24.8. The monoisotopic (exact) mass is 276 g/mol. The van der Waals surface area contributed by atoms with Gasteiger partial charge in [-0.15, -0.1) is 0 Å². The minimum Gasteiger partial charge on any atom is -0.386 e. The van der Waals surface area contributed by atoms with Crippen LogP contribution in [0, 0.1) is 6.92 Å². The van der Waals surface area contributed by atoms with Gasteiger partial charge in [0.25, 0.3) is 0 Å². The molecule has 0 amide bonds. The molecule has 0 bridgehead atoms. The summed E-state index contributed by atoms with van der Waals surface area (Å²) < 4.78 is 0. The van der Waals surface area contributed by atoms with Gasteiger partial charge in [0.2, 0.25) is 0 Å². The third-order valence-corrected chi connectivity index (χ3v) is 4.40. The molecule has 104 valence electrons. The van der Waals surface area contributed by atoms with Crippen molar-refractivity contribution in [3.8, 4) is 0 Å². The van der Waals surface area contributed by atoms with Crippen molar-refractivity contribution in [2.45, 2.75) is 19.1 Å². The number of aliphatic hydroxyl groups is 2. The van der Waals surface area contributed by atoms with Gasteiger partial charge in [-0.2, -0.15) is 0 Å². The molecule has 2 nitrogen and oxygen atoms in total. The molecule has 0 saturated carbocycles. The van der Waals surface area contributed by atoms with Crippen LogP contribution in [0.15, 0.2) is 48.5 Å². The molecule has 1 aliphatic rings. The molecule has 0 spiro atoms. The summed E-state index contributed by atoms with van der Waals surface area (Å²) in [6, 6.07) is 14.5. The van der Waals surface area contributed by atoms with Crippen molar-refractivity contribution in [3.05, 3.63) is 65.2 Å². The fourth-order valence-corrected chi connectivity index (χ4v) is 3.38. The number of hydrogen-bond donors (Lipinski definition) is 2. The van der Waals surface area contributed by atoms with Gasteiger partial charge < -0.3 is 10.2 Å². The lowest BCUT2D eigenvalue weighted by molar-refractivity contribution is 0.0471. The molecular weight excluding hydrogens is 260 g/mol. The first-order valence-electron chi connectivity index (χ1n) is 7.16. The van der Waals surface area contributed by atoms with Crippen LogP contribution in [0.1, 0.15) is 22.8 Å². The van der Waals surface area contributed by atoms with E-state index in [1.165, 1.54) is 21.7 Å². The topological polar surface area (TPSA) is 40.5 Å². The SMILES string of the molecule is Cc1cc2ccccc2c2ccc3c(c12)C=CC(O)C3O. The number of hydrogen-bond acceptors (Lipinski definition) is 2. The number of aryl methyl sites for hydroxylation is 1. The predicted molar refractivity (Wildman–Crippen MR) is 86.2 cm³/mol. The average Bonchev–Trinajstić information content (AvgIpc) is 2.50. The summed E-state index contributed by atoms with van der Waals surface area (Å²) in [7, 11) is 0. The molecule has 0 aliphatic heterocycles. The summed E-state index contributed by atoms with van der Waals surface area (Å²) in [6.07, 6.45) is 1.92. The Bertz CT molecular complexity index is 893. The Morgan fingerprint density at radius 1 is 0.952 bits per heavy atom. The van der Waals surface area contributed by atoms with Crippen LogP contribution >= 0.6 is 0 Å². The Labute approximate surface area is 123 Å². The van der Waals surface area contributed by atoms with Crippen molar-refractivity contribution >= 4 is 27.6 Å². The molecule has 2 N–H and O–H groups in total. The molecule has 0 radical (unpaired) electrons. The normalized spacial score (nSPS) is 20.9. The summed E-state index contributed by atoms with van der Waals surface area (Å²) in [5.41, 5.74) is 3.01. The van der Waals surface area contributed by atoms with Gasteiger partial charge in [0.15, 0.2) is 0 Å². The lowest BCUT2D eigenvalue weighted by Gasteiger charge is -2.24. The second-order valence-electron chi connectivity index (χ2n) is 5.70. The number of benzene rings is 3. The minimum absolute atomic E-state index is 0.802. The van der Waals surface area contributed by atoms with Crippen LogP contribution in [-0.2, 0) is 0 Å². The molecular formula is C19H16O2. The molecule has 2 heteroatoms. The van der Waals surface area contributed by atoms with Crippen LogP contribution in [0.4, 0.5) is 0 Å². The number of fused-ring (bicyclic) bond motifs is 5. The van der Waals surface area contributed by atoms with Gasteiger partial charge in [-0.1, -0.05) is 54.6 Å². The molecule has 2 unspecified atom stereocenters. The predicted octanol–water partition coefficient (Wildman–Crippen LogP) is 3.72. The Morgan fingerprint density at radius 2 is 1.76 bits per heavy atom. The molecule has 3 aromatic carbocycles. The van der Waals surface area contributed by atoms with Gasteiger partial charge in [-0.25, -0.2) is 0 Å². The van der Waals surface area contributed by atoms with Crippen LogP contribution in [0.25, 0.3) is 27.6 Å². The number of aliphatic hydroxyl groups excluding tert-OH is 2. The first-order chi connectivity index (χ1) is 10.2. The largest absolute Gasteiger partial charge is 0.386 e. The van der Waals surface area contributed by atoms with Crippen molar-refractivity contribution in [2.75, 3.05) is 0 Å². The molecule has 2 atom stereocenters. The van der Waals surface area contributed by atoms with Gasteiger partial charge in [-0.3, -0.25) is 0 Å². The maximum atomic E-state index is 10.2. The summed E-state index contributed by atoms with van der Waals surface area (Å²) >= 11 is 0. The highest BCUT2D eigenvalue weighted by Crippen LogP contribution is 2.37. The molecule has 21 heavy (non-hydrogen) atoms. The molecule has 0 heterocycles. The van der Waals surface area contributed by atoms with Crippen LogP contribution in [0.3, 0.4) is 0 Å². The highest BCUT2D eigenvalue weighted by molar-refractivity contribution is 6.11. The zero-order valence-corrected chi connectivity index (χ0v) is 11.7. The average molecular weight is 276 g/mol. The van der Waals surface area contributed by atoms with E-state index in [0.717, 1.165) is 16.5 Å². The maximum absolute atomic E-state index is 10.2. The van der Waals surface area contributed by atoms with Gasteiger partial charge in [-0.05, 0) is 45.2 Å². The first-order valence-corrected chi connectivity index (χ1v) is 7.16. The molecule has 0 aromatic heterocycles. The summed E-state index contributed by atoms with van der Waals surface area (Å²) in [6.45, 7) is 2.10. The first kappa shape index (κ1) is 12.6. The van der Waals surface area contributed by atoms with E-state index in [1.54, 1.807) is 6.08 Å². The molecule has 0 fully saturated rings. The zero-order chi connectivity index (χ0) is 14.6. The summed E-state index contributed by atoms with van der Waals surface area (Å²) in [5.74, 6) is 0. The second kappa shape index (κ2) is 4.42. The zero-order valence-electron chi connectivity index (χ0n) is 11.7. The Balaban J connectivity index is 2.18. The van der Waals surface area contributed by atoms with Crippen LogP contribution in [0.5, 0.6) is 0 Å². The van der Waals surface area contributed by atoms with E-state index < -0.39 is 12.2 Å². The van der Waals surface area contributed by atoms with Crippen molar-refractivity contribution in [1.82, 2.24) is 0 Å². The highest BCUT2D eigenvalue weighted by Gasteiger charge is 2.24. The lowest BCUT2D eigenvalue weighted by atomic mass is 9.86. The van der Waals surface area contributed by atoms with Crippen molar-refractivity contribution < 1.29 is 10.2 Å². The quantitative estimate of drug-likeness (QED) is 0.614. The van der Waals surface area contributed by atoms with Crippen molar-refractivity contribution in [2.24, 2.45) is 0 Å². The van der Waals surface area contributed by atoms with Gasteiger partial charge in [0, 0.05) is 0 Å². The third-order valence-electron chi connectivity index (χ3n) is 4.40. The van der Waals surface area contributed by atoms with E-state index >= 15 is 0 Å². The van der Waals surface area contributed by atoms with Gasteiger partial charge >= 0.3 is 0 Å². The third kappa shape index (κ3) is 1.73. The van der Waals surface area contributed by atoms with E-state index in [4.69, 9.17) is 0 Å². The van der Waals surface area contributed by atoms with Crippen LogP contribution in [-0.4, -0.2) is 16.3 Å². The molecule has 4 rings (SSSR count). The Hall–Kier alpha value is -2.16. The molecule has 1 aliphatic carbocycles. The summed E-state index contributed by atoms with van der Waals surface area (Å²) in [4.78, 5) is 0. The number of rotatable bonds is 0. The van der Waals surface area contributed by atoms with E-state index in [-0.39, 0.29) is 0 Å². The van der Waals surface area contributed by atoms with Gasteiger partial charge in [0.1, 0.15) is 12.2 Å². The van der Waals surface area contributed by atoms with Crippen LogP contribution in [0.2, 0.25) is 0 Å². The van der Waals surface area contributed by atoms with Crippen molar-refractivity contribution in [1.29, 1.82) is 0 Å². The van der Waals surface area contributed by atoms with Crippen LogP contribution < -0.4 is 0 Å². The van der Waals surface area contributed by atoms with E-state index in [0.29, 0.717) is 0 Å². The fourth-order valence-electron chi connectivity index (χ4n) is 3.38. The van der Waals surface area contributed by atoms with E-state index in [1.807, 2.05) is 24.3 Å². The minimum atomic E-state index is -0.847. The second-order valence-corrected chi connectivity index (χ2v) is 5.70. The van der Waals surface area contributed by atoms with E-state index in [2.05, 4.69) is 31.2 Å². The smallest absolute Gasteiger partial charge is 0.109 e. The lowest BCUT2D eigenvalue weighted by Crippen LogP contribution is -2.19.